The number of ether oxygens (including phenoxy) is 2. The molecule has 2 aromatic rings. The lowest BCUT2D eigenvalue weighted by Gasteiger charge is -2.31. The molecule has 0 radical (unpaired) electrons. The van der Waals surface area contributed by atoms with Crippen LogP contribution in [-0.4, -0.2) is 63.5 Å². The zero-order valence-corrected chi connectivity index (χ0v) is 20.6. The Labute approximate surface area is 202 Å². The van der Waals surface area contributed by atoms with Gasteiger partial charge < -0.3 is 14.4 Å². The molecule has 0 bridgehead atoms. The summed E-state index contributed by atoms with van der Waals surface area (Å²) >= 11 is 0. The van der Waals surface area contributed by atoms with Crippen LogP contribution >= 0.6 is 0 Å². The molecule has 8 heteroatoms. The molecule has 2 aliphatic heterocycles. The molecule has 2 saturated heterocycles. The lowest BCUT2D eigenvalue weighted by molar-refractivity contribution is -0.133. The number of carbonyl (C=O) groups is 1. The molecule has 2 aromatic carbocycles. The fourth-order valence-electron chi connectivity index (χ4n) is 4.74. The van der Waals surface area contributed by atoms with E-state index >= 15 is 0 Å². The number of amides is 1. The third-order valence-corrected chi connectivity index (χ3v) is 8.65. The van der Waals surface area contributed by atoms with Gasteiger partial charge in [-0.15, -0.1) is 0 Å². The van der Waals surface area contributed by atoms with Crippen molar-refractivity contribution < 1.29 is 22.7 Å². The molecule has 7 nitrogen and oxygen atoms in total. The molecule has 0 N–H and O–H groups in total. The van der Waals surface area contributed by atoms with Crippen molar-refractivity contribution in [3.05, 3.63) is 59.7 Å². The van der Waals surface area contributed by atoms with E-state index in [-0.39, 0.29) is 16.8 Å². The van der Waals surface area contributed by atoms with E-state index in [1.807, 2.05) is 29.2 Å². The fourth-order valence-corrected chi connectivity index (χ4v) is 6.15. The molecule has 34 heavy (non-hydrogen) atoms. The molecule has 0 aliphatic carbocycles. The second-order valence-electron chi connectivity index (χ2n) is 8.89. The number of methoxy groups -OCH3 is 1. The molecule has 2 aliphatic rings. The van der Waals surface area contributed by atoms with Crippen molar-refractivity contribution in [2.45, 2.75) is 49.5 Å². The molecule has 0 saturated carbocycles. The molecule has 4 rings (SSSR count). The van der Waals surface area contributed by atoms with E-state index in [1.54, 1.807) is 19.2 Å². The first-order chi connectivity index (χ1) is 16.5. The van der Waals surface area contributed by atoms with Crippen molar-refractivity contribution in [3.8, 4) is 5.75 Å². The van der Waals surface area contributed by atoms with E-state index in [4.69, 9.17) is 9.47 Å². The van der Waals surface area contributed by atoms with Crippen LogP contribution in [0.2, 0.25) is 0 Å². The van der Waals surface area contributed by atoms with Crippen LogP contribution in [0.3, 0.4) is 0 Å². The first-order valence-electron chi connectivity index (χ1n) is 12.1. The van der Waals surface area contributed by atoms with Gasteiger partial charge in [-0.2, -0.15) is 4.31 Å². The van der Waals surface area contributed by atoms with E-state index in [0.29, 0.717) is 39.1 Å². The van der Waals surface area contributed by atoms with Gasteiger partial charge in [0.25, 0.3) is 0 Å². The molecule has 0 aromatic heterocycles. The van der Waals surface area contributed by atoms with Gasteiger partial charge >= 0.3 is 0 Å². The maximum absolute atomic E-state index is 13.3. The number of nitrogens with zero attached hydrogens (tertiary/aromatic N) is 2. The fraction of sp³-hybridized carbons (Fsp3) is 0.500. The second kappa shape index (κ2) is 11.3. The van der Waals surface area contributed by atoms with Gasteiger partial charge in [-0.25, -0.2) is 8.42 Å². The lowest BCUT2D eigenvalue weighted by atomic mass is 10.00. The number of benzene rings is 2. The maximum atomic E-state index is 13.3. The average Bonchev–Trinajstić information content (AvgIpc) is 3.14. The highest BCUT2D eigenvalue weighted by Crippen LogP contribution is 2.32. The number of rotatable bonds is 7. The Morgan fingerprint density at radius 1 is 0.971 bits per heavy atom. The number of carbonyl (C=O) groups excluding carboxylic acids is 1. The highest BCUT2D eigenvalue weighted by Gasteiger charge is 2.28. The van der Waals surface area contributed by atoms with Crippen LogP contribution < -0.4 is 4.74 Å². The molecule has 184 valence electrons. The van der Waals surface area contributed by atoms with Gasteiger partial charge in [0.2, 0.25) is 15.9 Å². The minimum absolute atomic E-state index is 0.0851. The molecule has 0 spiro atoms. The van der Waals surface area contributed by atoms with Gasteiger partial charge in [0.1, 0.15) is 5.75 Å². The van der Waals surface area contributed by atoms with Crippen LogP contribution in [0.1, 0.15) is 49.3 Å². The summed E-state index contributed by atoms with van der Waals surface area (Å²) in [5, 5.41) is 0. The van der Waals surface area contributed by atoms with Gasteiger partial charge in [0.15, 0.2) is 0 Å². The van der Waals surface area contributed by atoms with Crippen LogP contribution in [0.25, 0.3) is 0 Å². The monoisotopic (exact) mass is 486 g/mol. The van der Waals surface area contributed by atoms with Gasteiger partial charge in [0, 0.05) is 26.1 Å². The van der Waals surface area contributed by atoms with Crippen LogP contribution in [0.4, 0.5) is 0 Å². The summed E-state index contributed by atoms with van der Waals surface area (Å²) in [5.74, 6) is 0.960. The Morgan fingerprint density at radius 2 is 1.68 bits per heavy atom. The predicted octanol–water partition coefficient (Wildman–Crippen LogP) is 3.79. The third kappa shape index (κ3) is 5.79. The summed E-state index contributed by atoms with van der Waals surface area (Å²) in [6.45, 7) is 2.38. The molecular formula is C26H34N2O5S. The van der Waals surface area contributed by atoms with E-state index in [2.05, 4.69) is 12.1 Å². The Bertz CT molecular complexity index is 1050. The highest BCUT2D eigenvalue weighted by molar-refractivity contribution is 7.89. The average molecular weight is 487 g/mol. The molecular weight excluding hydrogens is 452 g/mol. The summed E-state index contributed by atoms with van der Waals surface area (Å²) in [6, 6.07) is 15.1. The SMILES string of the molecule is COc1ccc([C@H]2CCCCCN2C(=O)CCc2ccc(S(=O)(=O)N3CCOCC3)cc2)cc1. The number of hydrogen-bond acceptors (Lipinski definition) is 5. The van der Waals surface area contributed by atoms with Crippen molar-refractivity contribution in [1.29, 1.82) is 0 Å². The Kier molecular flexibility index (Phi) is 8.24. The minimum Gasteiger partial charge on any atom is -0.497 e. The van der Waals surface area contributed by atoms with Crippen LogP contribution in [0.15, 0.2) is 53.4 Å². The normalized spacial score (nSPS) is 20.0. The zero-order valence-electron chi connectivity index (χ0n) is 19.8. The quantitative estimate of drug-likeness (QED) is 0.595. The summed E-state index contributed by atoms with van der Waals surface area (Å²) in [6.07, 6.45) is 5.22. The second-order valence-corrected chi connectivity index (χ2v) is 10.8. The van der Waals surface area contributed by atoms with Gasteiger partial charge in [-0.3, -0.25) is 4.79 Å². The molecule has 2 heterocycles. The number of aryl methyl sites for hydroxylation is 1. The standard InChI is InChI=1S/C26H34N2O5S/c1-32-23-11-9-22(10-12-23)25-5-3-2-4-16-28(25)26(29)15-8-21-6-13-24(14-7-21)34(30,31)27-17-19-33-20-18-27/h6-7,9-14,25H,2-5,8,15-20H2,1H3/t25-/m1/s1. The van der Waals surface area contributed by atoms with Crippen LogP contribution in [-0.2, 0) is 26.0 Å². The Balaban J connectivity index is 1.40. The third-order valence-electron chi connectivity index (χ3n) is 6.73. The first-order valence-corrected chi connectivity index (χ1v) is 13.5. The van der Waals surface area contributed by atoms with Crippen molar-refractivity contribution in [2.24, 2.45) is 0 Å². The van der Waals surface area contributed by atoms with Crippen LogP contribution in [0, 0.1) is 0 Å². The van der Waals surface area contributed by atoms with E-state index in [0.717, 1.165) is 49.1 Å². The van der Waals surface area contributed by atoms with Gasteiger partial charge in [0.05, 0.1) is 31.3 Å². The molecule has 1 atom stereocenters. The Morgan fingerprint density at radius 3 is 2.35 bits per heavy atom. The predicted molar refractivity (Wildman–Crippen MR) is 130 cm³/mol. The van der Waals surface area contributed by atoms with E-state index in [9.17, 15) is 13.2 Å². The highest BCUT2D eigenvalue weighted by atomic mass is 32.2. The first kappa shape index (κ1) is 24.7. The summed E-state index contributed by atoms with van der Waals surface area (Å²) in [4.78, 5) is 15.6. The van der Waals surface area contributed by atoms with Crippen molar-refractivity contribution >= 4 is 15.9 Å². The molecule has 1 amide bonds. The number of hydrogen-bond donors (Lipinski definition) is 0. The van der Waals surface area contributed by atoms with E-state index in [1.165, 1.54) is 4.31 Å². The number of sulfonamides is 1. The van der Waals surface area contributed by atoms with Crippen molar-refractivity contribution in [3.63, 3.8) is 0 Å². The van der Waals surface area contributed by atoms with Crippen molar-refractivity contribution in [1.82, 2.24) is 9.21 Å². The topological polar surface area (TPSA) is 76.2 Å². The summed E-state index contributed by atoms with van der Waals surface area (Å²) in [7, 11) is -1.85. The summed E-state index contributed by atoms with van der Waals surface area (Å²) < 4.78 is 37.6. The zero-order chi connectivity index (χ0) is 24.0. The maximum Gasteiger partial charge on any atom is 0.243 e. The van der Waals surface area contributed by atoms with Gasteiger partial charge in [-0.05, 0) is 54.7 Å². The smallest absolute Gasteiger partial charge is 0.243 e. The molecule has 2 fully saturated rings. The lowest BCUT2D eigenvalue weighted by Crippen LogP contribution is -2.40. The number of morpholine rings is 1. The Hall–Kier alpha value is -2.42. The van der Waals surface area contributed by atoms with E-state index < -0.39 is 10.0 Å². The van der Waals surface area contributed by atoms with Gasteiger partial charge in [-0.1, -0.05) is 37.1 Å². The van der Waals surface area contributed by atoms with Crippen molar-refractivity contribution in [2.75, 3.05) is 40.0 Å². The summed E-state index contributed by atoms with van der Waals surface area (Å²) in [5.41, 5.74) is 2.11. The molecule has 0 unspecified atom stereocenters. The minimum atomic E-state index is -3.51. The number of likely N-dealkylation sites (tertiary alicyclic amines) is 1. The van der Waals surface area contributed by atoms with Crippen LogP contribution in [0.5, 0.6) is 5.75 Å². The largest absolute Gasteiger partial charge is 0.497 e.